The fourth-order valence-electron chi connectivity index (χ4n) is 1.84. The molecule has 6 nitrogen and oxygen atoms in total. The molecule has 0 aliphatic rings. The first-order valence-corrected chi connectivity index (χ1v) is 6.57. The van der Waals surface area contributed by atoms with E-state index in [2.05, 4.69) is 0 Å². The van der Waals surface area contributed by atoms with Gasteiger partial charge in [-0.3, -0.25) is 14.4 Å². The molecule has 7 heteroatoms. The van der Waals surface area contributed by atoms with E-state index in [1.807, 2.05) is 0 Å². The van der Waals surface area contributed by atoms with Gasteiger partial charge >= 0.3 is 11.9 Å². The summed E-state index contributed by atoms with van der Waals surface area (Å²) >= 11 is 5.84. The molecule has 1 aromatic rings. The maximum atomic E-state index is 12.2. The summed E-state index contributed by atoms with van der Waals surface area (Å²) in [6.07, 6.45) is -0.102. The first kappa shape index (κ1) is 17.0. The van der Waals surface area contributed by atoms with Gasteiger partial charge in [-0.15, -0.1) is 0 Å². The van der Waals surface area contributed by atoms with Gasteiger partial charge in [-0.1, -0.05) is 11.6 Å². The van der Waals surface area contributed by atoms with Crippen LogP contribution in [0.15, 0.2) is 18.2 Å². The molecule has 0 aliphatic heterocycles. The highest BCUT2D eigenvalue weighted by molar-refractivity contribution is 6.32. The van der Waals surface area contributed by atoms with Crippen LogP contribution in [-0.4, -0.2) is 35.0 Å². The number of rotatable bonds is 8. The van der Waals surface area contributed by atoms with Crippen molar-refractivity contribution in [3.63, 3.8) is 0 Å². The molecule has 0 fully saturated rings. The van der Waals surface area contributed by atoms with Crippen LogP contribution in [0.2, 0.25) is 5.02 Å². The van der Waals surface area contributed by atoms with Crippen molar-refractivity contribution in [3.05, 3.63) is 28.8 Å². The molecule has 1 unspecified atom stereocenters. The molecule has 0 aliphatic carbocycles. The van der Waals surface area contributed by atoms with E-state index in [9.17, 15) is 14.4 Å². The first-order valence-electron chi connectivity index (χ1n) is 6.19. The minimum absolute atomic E-state index is 0.0363. The molecule has 2 N–H and O–H groups in total. The lowest BCUT2D eigenvalue weighted by atomic mass is 9.92. The van der Waals surface area contributed by atoms with Gasteiger partial charge in [0.25, 0.3) is 0 Å². The molecule has 0 aromatic heterocycles. The average molecular weight is 315 g/mol. The Kier molecular flexibility index (Phi) is 6.17. The van der Waals surface area contributed by atoms with E-state index in [1.54, 1.807) is 0 Å². The van der Waals surface area contributed by atoms with Crippen molar-refractivity contribution in [1.29, 1.82) is 0 Å². The molecule has 0 spiro atoms. The number of carbonyl (C=O) groups excluding carboxylic acids is 1. The maximum absolute atomic E-state index is 12.2. The topological polar surface area (TPSA) is 101 Å². The normalized spacial score (nSPS) is 11.7. The molecular formula is C14H15ClO6. The van der Waals surface area contributed by atoms with Crippen LogP contribution >= 0.6 is 11.6 Å². The molecule has 0 heterocycles. The minimum atomic E-state index is -1.28. The van der Waals surface area contributed by atoms with E-state index in [0.29, 0.717) is 5.02 Å². The lowest BCUT2D eigenvalue weighted by molar-refractivity contribution is -0.141. The molecule has 1 atom stereocenters. The van der Waals surface area contributed by atoms with Gasteiger partial charge in [0.15, 0.2) is 5.78 Å². The third-order valence-electron chi connectivity index (χ3n) is 2.93. The molecule has 1 rings (SSSR count). The van der Waals surface area contributed by atoms with Gasteiger partial charge in [-0.2, -0.15) is 0 Å². The molecule has 0 saturated heterocycles. The van der Waals surface area contributed by atoms with Crippen LogP contribution in [-0.2, 0) is 9.59 Å². The van der Waals surface area contributed by atoms with E-state index in [4.69, 9.17) is 26.6 Å². The second kappa shape index (κ2) is 7.64. The number of methoxy groups -OCH3 is 1. The highest BCUT2D eigenvalue weighted by Gasteiger charge is 2.27. The van der Waals surface area contributed by atoms with Crippen LogP contribution in [0, 0.1) is 5.92 Å². The fourth-order valence-corrected chi connectivity index (χ4v) is 2.03. The van der Waals surface area contributed by atoms with Gasteiger partial charge in [0, 0.05) is 12.0 Å². The van der Waals surface area contributed by atoms with Crippen molar-refractivity contribution >= 4 is 29.3 Å². The number of carbonyl (C=O) groups is 3. The van der Waals surface area contributed by atoms with E-state index >= 15 is 0 Å². The third-order valence-corrected chi connectivity index (χ3v) is 3.25. The average Bonchev–Trinajstić information content (AvgIpc) is 2.42. The lowest BCUT2D eigenvalue weighted by Gasteiger charge is -2.12. The quantitative estimate of drug-likeness (QED) is 0.564. The SMILES string of the molecule is COc1cc(C(=O)C(CCCC(=O)O)C(=O)O)ccc1Cl. The molecular weight excluding hydrogens is 300 g/mol. The van der Waals surface area contributed by atoms with E-state index in [-0.39, 0.29) is 30.6 Å². The predicted octanol–water partition coefficient (Wildman–Crippen LogP) is 2.49. The Morgan fingerprint density at radius 3 is 2.48 bits per heavy atom. The zero-order valence-corrected chi connectivity index (χ0v) is 12.1. The van der Waals surface area contributed by atoms with Crippen molar-refractivity contribution in [2.24, 2.45) is 5.92 Å². The van der Waals surface area contributed by atoms with Gasteiger partial charge in [-0.25, -0.2) is 0 Å². The van der Waals surface area contributed by atoms with Crippen molar-refractivity contribution in [2.75, 3.05) is 7.11 Å². The van der Waals surface area contributed by atoms with Gasteiger partial charge in [0.05, 0.1) is 12.1 Å². The van der Waals surface area contributed by atoms with E-state index in [1.165, 1.54) is 25.3 Å². The summed E-state index contributed by atoms with van der Waals surface area (Å²) in [4.78, 5) is 33.8. The third kappa shape index (κ3) is 4.75. The fraction of sp³-hybridized carbons (Fsp3) is 0.357. The number of hydrogen-bond donors (Lipinski definition) is 2. The number of aliphatic carboxylic acids is 2. The summed E-state index contributed by atoms with van der Waals surface area (Å²) in [6, 6.07) is 4.24. The first-order chi connectivity index (χ1) is 9.86. The molecule has 114 valence electrons. The number of carboxylic acid groups (broad SMARTS) is 2. The summed E-state index contributed by atoms with van der Waals surface area (Å²) in [5.74, 6) is -3.91. The summed E-state index contributed by atoms with van der Waals surface area (Å²) in [6.45, 7) is 0. The number of halogens is 1. The summed E-state index contributed by atoms with van der Waals surface area (Å²) in [5.41, 5.74) is 0.166. The van der Waals surface area contributed by atoms with Crippen LogP contribution in [0.4, 0.5) is 0 Å². The lowest BCUT2D eigenvalue weighted by Crippen LogP contribution is -2.24. The molecule has 0 saturated carbocycles. The van der Waals surface area contributed by atoms with Crippen molar-refractivity contribution in [3.8, 4) is 5.75 Å². The van der Waals surface area contributed by atoms with Gasteiger partial charge < -0.3 is 14.9 Å². The Balaban J connectivity index is 2.90. The van der Waals surface area contributed by atoms with Crippen LogP contribution in [0.5, 0.6) is 5.75 Å². The zero-order chi connectivity index (χ0) is 16.0. The van der Waals surface area contributed by atoms with Crippen LogP contribution in [0.3, 0.4) is 0 Å². The molecule has 0 amide bonds. The van der Waals surface area contributed by atoms with Crippen molar-refractivity contribution in [2.45, 2.75) is 19.3 Å². The second-order valence-corrected chi connectivity index (χ2v) is 4.80. The number of ether oxygens (including phenoxy) is 1. The molecule has 21 heavy (non-hydrogen) atoms. The van der Waals surface area contributed by atoms with Crippen molar-refractivity contribution < 1.29 is 29.3 Å². The van der Waals surface area contributed by atoms with Gasteiger partial charge in [0.1, 0.15) is 11.7 Å². The summed E-state index contributed by atoms with van der Waals surface area (Å²) < 4.78 is 4.98. The number of benzene rings is 1. The van der Waals surface area contributed by atoms with Crippen LogP contribution < -0.4 is 4.74 Å². The summed E-state index contributed by atoms with van der Waals surface area (Å²) in [7, 11) is 1.39. The Hall–Kier alpha value is -2.08. The highest BCUT2D eigenvalue weighted by atomic mass is 35.5. The second-order valence-electron chi connectivity index (χ2n) is 4.39. The Morgan fingerprint density at radius 1 is 1.29 bits per heavy atom. The Bertz CT molecular complexity index is 554. The Morgan fingerprint density at radius 2 is 1.95 bits per heavy atom. The van der Waals surface area contributed by atoms with Crippen LogP contribution in [0.1, 0.15) is 29.6 Å². The number of hydrogen-bond acceptors (Lipinski definition) is 4. The molecule has 1 aromatic carbocycles. The van der Waals surface area contributed by atoms with Crippen molar-refractivity contribution in [1.82, 2.24) is 0 Å². The van der Waals surface area contributed by atoms with Gasteiger partial charge in [-0.05, 0) is 31.0 Å². The highest BCUT2D eigenvalue weighted by Crippen LogP contribution is 2.27. The number of carboxylic acids is 2. The predicted molar refractivity (Wildman–Crippen MR) is 74.9 cm³/mol. The van der Waals surface area contributed by atoms with Crippen LogP contribution in [0.25, 0.3) is 0 Å². The van der Waals surface area contributed by atoms with E-state index in [0.717, 1.165) is 0 Å². The Labute approximate surface area is 126 Å². The maximum Gasteiger partial charge on any atom is 0.314 e. The molecule has 0 radical (unpaired) electrons. The zero-order valence-electron chi connectivity index (χ0n) is 11.3. The van der Waals surface area contributed by atoms with Gasteiger partial charge in [0.2, 0.25) is 0 Å². The van der Waals surface area contributed by atoms with E-state index < -0.39 is 23.6 Å². The summed E-state index contributed by atoms with van der Waals surface area (Å²) in [5, 5.41) is 18.0. The smallest absolute Gasteiger partial charge is 0.314 e. The number of ketones is 1. The largest absolute Gasteiger partial charge is 0.495 e. The molecule has 0 bridgehead atoms. The standard InChI is InChI=1S/C14H15ClO6/c1-21-11-7-8(5-6-10(11)15)13(18)9(14(19)20)3-2-4-12(16)17/h5-7,9H,2-4H2,1H3,(H,16,17)(H,19,20). The number of Topliss-reactive ketones (excluding diaryl/α,β-unsaturated/α-hetero) is 1. The minimum Gasteiger partial charge on any atom is -0.495 e. The monoisotopic (exact) mass is 314 g/mol.